The van der Waals surface area contributed by atoms with Crippen LogP contribution in [0, 0.1) is 0 Å². The fourth-order valence-corrected chi connectivity index (χ4v) is 1.84. The SMILES string of the molecule is CN[C@@H](C)[C@H](c1ccccc1)N(C)C. The fraction of sp³-hybridized carbons (Fsp3) is 0.500. The molecule has 0 unspecified atom stereocenters. The summed E-state index contributed by atoms with van der Waals surface area (Å²) in [4.78, 5) is 2.25. The van der Waals surface area contributed by atoms with Gasteiger partial charge in [-0.15, -0.1) is 0 Å². The van der Waals surface area contributed by atoms with Crippen molar-refractivity contribution in [3.8, 4) is 0 Å². The lowest BCUT2D eigenvalue weighted by molar-refractivity contribution is 0.247. The second kappa shape index (κ2) is 5.13. The maximum absolute atomic E-state index is 3.30. The minimum atomic E-state index is 0.432. The predicted molar refractivity (Wildman–Crippen MR) is 61.4 cm³/mol. The van der Waals surface area contributed by atoms with Crippen LogP contribution in [0.3, 0.4) is 0 Å². The van der Waals surface area contributed by atoms with Gasteiger partial charge in [0.25, 0.3) is 0 Å². The van der Waals surface area contributed by atoms with Crippen molar-refractivity contribution in [2.75, 3.05) is 21.1 Å². The summed E-state index contributed by atoms with van der Waals surface area (Å²) in [6.45, 7) is 2.21. The Hall–Kier alpha value is -0.860. The van der Waals surface area contributed by atoms with Gasteiger partial charge in [-0.1, -0.05) is 30.3 Å². The highest BCUT2D eigenvalue weighted by Crippen LogP contribution is 2.21. The molecule has 0 aliphatic rings. The van der Waals surface area contributed by atoms with Crippen LogP contribution >= 0.6 is 0 Å². The lowest BCUT2D eigenvalue weighted by Gasteiger charge is -2.30. The van der Waals surface area contributed by atoms with Crippen LogP contribution in [0.4, 0.5) is 0 Å². The highest BCUT2D eigenvalue weighted by Gasteiger charge is 2.19. The molecular formula is C12H20N2. The third kappa shape index (κ3) is 2.56. The van der Waals surface area contributed by atoms with Crippen LogP contribution in [-0.4, -0.2) is 32.1 Å². The molecule has 0 amide bonds. The third-order valence-corrected chi connectivity index (χ3v) is 2.63. The first kappa shape index (κ1) is 11.2. The number of nitrogens with one attached hydrogen (secondary N) is 1. The molecule has 0 aliphatic carbocycles. The highest BCUT2D eigenvalue weighted by atomic mass is 15.1. The molecule has 1 aromatic carbocycles. The summed E-state index contributed by atoms with van der Waals surface area (Å²) in [6, 6.07) is 11.5. The zero-order valence-electron chi connectivity index (χ0n) is 9.49. The van der Waals surface area contributed by atoms with Crippen molar-refractivity contribution in [3.63, 3.8) is 0 Å². The maximum Gasteiger partial charge on any atom is 0.0493 e. The molecule has 0 fully saturated rings. The monoisotopic (exact) mass is 192 g/mol. The van der Waals surface area contributed by atoms with Crippen LogP contribution < -0.4 is 5.32 Å². The van der Waals surface area contributed by atoms with E-state index in [0.717, 1.165) is 0 Å². The molecule has 14 heavy (non-hydrogen) atoms. The average Bonchev–Trinajstić information content (AvgIpc) is 2.19. The first-order chi connectivity index (χ1) is 6.66. The number of hydrogen-bond donors (Lipinski definition) is 1. The fourth-order valence-electron chi connectivity index (χ4n) is 1.84. The summed E-state index contributed by atoms with van der Waals surface area (Å²) >= 11 is 0. The normalized spacial score (nSPS) is 15.5. The van der Waals surface area contributed by atoms with E-state index in [1.54, 1.807) is 0 Å². The van der Waals surface area contributed by atoms with E-state index in [9.17, 15) is 0 Å². The van der Waals surface area contributed by atoms with Crippen molar-refractivity contribution in [1.29, 1.82) is 0 Å². The van der Waals surface area contributed by atoms with Gasteiger partial charge >= 0.3 is 0 Å². The number of benzene rings is 1. The Labute approximate surface area is 86.9 Å². The molecule has 0 bridgehead atoms. The molecule has 0 aromatic heterocycles. The Bertz CT molecular complexity index is 256. The standard InChI is InChI=1S/C12H20N2/c1-10(13-2)12(14(3)4)11-8-6-5-7-9-11/h5-10,12-13H,1-4H3/t10-,12+/m0/s1. The summed E-state index contributed by atoms with van der Waals surface area (Å²) in [5.41, 5.74) is 1.36. The van der Waals surface area contributed by atoms with Crippen LogP contribution in [0.5, 0.6) is 0 Å². The van der Waals surface area contributed by atoms with Gasteiger partial charge in [-0.25, -0.2) is 0 Å². The van der Waals surface area contributed by atoms with Gasteiger partial charge in [0.15, 0.2) is 0 Å². The molecule has 1 aromatic rings. The smallest absolute Gasteiger partial charge is 0.0493 e. The van der Waals surface area contributed by atoms with Crippen molar-refractivity contribution < 1.29 is 0 Å². The molecule has 0 heterocycles. The first-order valence-electron chi connectivity index (χ1n) is 5.05. The third-order valence-electron chi connectivity index (χ3n) is 2.63. The predicted octanol–water partition coefficient (Wildman–Crippen LogP) is 1.90. The molecule has 0 aliphatic heterocycles. The van der Waals surface area contributed by atoms with Crippen LogP contribution in [-0.2, 0) is 0 Å². The van der Waals surface area contributed by atoms with Gasteiger partial charge in [-0.05, 0) is 33.6 Å². The molecule has 1 rings (SSSR count). The highest BCUT2D eigenvalue weighted by molar-refractivity contribution is 5.20. The van der Waals surface area contributed by atoms with Crippen molar-refractivity contribution >= 4 is 0 Å². The molecule has 2 nitrogen and oxygen atoms in total. The number of rotatable bonds is 4. The van der Waals surface area contributed by atoms with E-state index in [1.165, 1.54) is 5.56 Å². The number of nitrogens with zero attached hydrogens (tertiary/aromatic N) is 1. The minimum absolute atomic E-state index is 0.432. The van der Waals surface area contributed by atoms with Crippen LogP contribution in [0.25, 0.3) is 0 Å². The van der Waals surface area contributed by atoms with Gasteiger partial charge in [0.05, 0.1) is 0 Å². The first-order valence-corrected chi connectivity index (χ1v) is 5.05. The molecule has 0 saturated heterocycles. The van der Waals surface area contributed by atoms with Crippen LogP contribution in [0.1, 0.15) is 18.5 Å². The van der Waals surface area contributed by atoms with Gasteiger partial charge in [0, 0.05) is 12.1 Å². The largest absolute Gasteiger partial charge is 0.315 e. The Morgan fingerprint density at radius 1 is 1.14 bits per heavy atom. The average molecular weight is 192 g/mol. The van der Waals surface area contributed by atoms with E-state index >= 15 is 0 Å². The van der Waals surface area contributed by atoms with Crippen LogP contribution in [0.15, 0.2) is 30.3 Å². The van der Waals surface area contributed by atoms with E-state index in [2.05, 4.69) is 61.6 Å². The van der Waals surface area contributed by atoms with Gasteiger partial charge in [-0.2, -0.15) is 0 Å². The number of hydrogen-bond acceptors (Lipinski definition) is 2. The Kier molecular flexibility index (Phi) is 4.11. The molecule has 1 N–H and O–H groups in total. The van der Waals surface area contributed by atoms with Crippen molar-refractivity contribution in [2.24, 2.45) is 0 Å². The zero-order chi connectivity index (χ0) is 10.6. The Morgan fingerprint density at radius 2 is 1.71 bits per heavy atom. The minimum Gasteiger partial charge on any atom is -0.315 e. The quantitative estimate of drug-likeness (QED) is 0.784. The topological polar surface area (TPSA) is 15.3 Å². The summed E-state index contributed by atoms with van der Waals surface area (Å²) in [6.07, 6.45) is 0. The molecule has 0 radical (unpaired) electrons. The molecule has 2 heteroatoms. The van der Waals surface area contributed by atoms with E-state index in [4.69, 9.17) is 0 Å². The van der Waals surface area contributed by atoms with Gasteiger partial charge in [-0.3, -0.25) is 0 Å². The lowest BCUT2D eigenvalue weighted by Crippen LogP contribution is -2.37. The molecular weight excluding hydrogens is 172 g/mol. The summed E-state index contributed by atoms with van der Waals surface area (Å²) in [7, 11) is 6.24. The van der Waals surface area contributed by atoms with Crippen LogP contribution in [0.2, 0.25) is 0 Å². The van der Waals surface area contributed by atoms with Gasteiger partial charge < -0.3 is 10.2 Å². The van der Waals surface area contributed by atoms with Crippen molar-refractivity contribution in [1.82, 2.24) is 10.2 Å². The Morgan fingerprint density at radius 3 is 2.14 bits per heavy atom. The summed E-state index contributed by atoms with van der Waals surface area (Å²) < 4.78 is 0. The van der Waals surface area contributed by atoms with E-state index in [1.807, 2.05) is 7.05 Å². The molecule has 78 valence electrons. The van der Waals surface area contributed by atoms with E-state index in [-0.39, 0.29) is 0 Å². The van der Waals surface area contributed by atoms with Gasteiger partial charge in [0.1, 0.15) is 0 Å². The second-order valence-corrected chi connectivity index (χ2v) is 3.90. The summed E-state index contributed by atoms with van der Waals surface area (Å²) in [5.74, 6) is 0. The molecule has 0 spiro atoms. The molecule has 0 saturated carbocycles. The second-order valence-electron chi connectivity index (χ2n) is 3.90. The van der Waals surface area contributed by atoms with E-state index in [0.29, 0.717) is 12.1 Å². The number of likely N-dealkylation sites (N-methyl/N-ethyl adjacent to an activating group) is 2. The zero-order valence-corrected chi connectivity index (χ0v) is 9.49. The van der Waals surface area contributed by atoms with E-state index < -0.39 is 0 Å². The van der Waals surface area contributed by atoms with Gasteiger partial charge in [0.2, 0.25) is 0 Å². The lowest BCUT2D eigenvalue weighted by atomic mass is 10.00. The Balaban J connectivity index is 2.89. The summed E-state index contributed by atoms with van der Waals surface area (Å²) in [5, 5.41) is 3.30. The van der Waals surface area contributed by atoms with Crippen molar-refractivity contribution in [3.05, 3.63) is 35.9 Å². The molecule has 2 atom stereocenters. The maximum atomic E-state index is 3.30. The van der Waals surface area contributed by atoms with Crippen molar-refractivity contribution in [2.45, 2.75) is 19.0 Å².